The zero-order valence-electron chi connectivity index (χ0n) is 8.95. The molecule has 1 aromatic rings. The van der Waals surface area contributed by atoms with Crippen LogP contribution in [0, 0.1) is 6.92 Å². The number of hydrogen-bond acceptors (Lipinski definition) is 4. The van der Waals surface area contributed by atoms with E-state index < -0.39 is 5.60 Å². The zero-order chi connectivity index (χ0) is 10.9. The molecule has 2 rings (SSSR count). The number of anilines is 2. The molecule has 0 spiro atoms. The number of nitrogens with one attached hydrogen (secondary N) is 1. The lowest BCUT2D eigenvalue weighted by atomic mass is 9.80. The fourth-order valence-corrected chi connectivity index (χ4v) is 1.75. The molecule has 0 atom stereocenters. The van der Waals surface area contributed by atoms with Crippen LogP contribution in [0.4, 0.5) is 11.5 Å². The molecule has 4 N–H and O–H groups in total. The molecule has 1 saturated carbocycles. The molecule has 1 aliphatic carbocycles. The van der Waals surface area contributed by atoms with Gasteiger partial charge in [-0.2, -0.15) is 0 Å². The Hall–Kier alpha value is -1.29. The first-order valence-corrected chi connectivity index (χ1v) is 5.27. The molecule has 0 aromatic carbocycles. The van der Waals surface area contributed by atoms with Crippen molar-refractivity contribution in [1.29, 1.82) is 0 Å². The molecular weight excluding hydrogens is 190 g/mol. The van der Waals surface area contributed by atoms with E-state index in [2.05, 4.69) is 10.3 Å². The second-order valence-corrected chi connectivity index (χ2v) is 4.38. The number of nitrogens with zero attached hydrogens (tertiary/aromatic N) is 1. The minimum atomic E-state index is -0.543. The molecule has 4 nitrogen and oxygen atoms in total. The molecule has 0 aliphatic heterocycles. The quantitative estimate of drug-likeness (QED) is 0.698. The molecule has 4 heteroatoms. The minimum Gasteiger partial charge on any atom is -0.396 e. The summed E-state index contributed by atoms with van der Waals surface area (Å²) in [6.07, 6.45) is 4.61. The first kappa shape index (κ1) is 10.2. The van der Waals surface area contributed by atoms with Gasteiger partial charge in [0, 0.05) is 12.7 Å². The highest BCUT2D eigenvalue weighted by atomic mass is 16.3. The molecule has 1 heterocycles. The smallest absolute Gasteiger partial charge is 0.149 e. The Kier molecular flexibility index (Phi) is 2.52. The zero-order valence-corrected chi connectivity index (χ0v) is 8.95. The Morgan fingerprint density at radius 1 is 1.60 bits per heavy atom. The van der Waals surface area contributed by atoms with Gasteiger partial charge in [-0.05, 0) is 37.8 Å². The molecule has 0 saturated heterocycles. The largest absolute Gasteiger partial charge is 0.396 e. The fraction of sp³-hybridized carbons (Fsp3) is 0.545. The van der Waals surface area contributed by atoms with Crippen molar-refractivity contribution in [2.75, 3.05) is 17.6 Å². The van der Waals surface area contributed by atoms with E-state index in [9.17, 15) is 5.11 Å². The van der Waals surface area contributed by atoms with Gasteiger partial charge in [0.25, 0.3) is 0 Å². The highest BCUT2D eigenvalue weighted by Gasteiger charge is 2.34. The van der Waals surface area contributed by atoms with Crippen molar-refractivity contribution in [3.8, 4) is 0 Å². The molecule has 1 aliphatic rings. The predicted octanol–water partition coefficient (Wildman–Crippen LogP) is 1.30. The van der Waals surface area contributed by atoms with E-state index >= 15 is 0 Å². The van der Waals surface area contributed by atoms with E-state index in [0.29, 0.717) is 18.1 Å². The van der Waals surface area contributed by atoms with Crippen LogP contribution < -0.4 is 11.1 Å². The molecule has 1 fully saturated rings. The first-order chi connectivity index (χ1) is 7.09. The van der Waals surface area contributed by atoms with Gasteiger partial charge in [0.1, 0.15) is 5.82 Å². The van der Waals surface area contributed by atoms with E-state index in [0.717, 1.165) is 24.8 Å². The van der Waals surface area contributed by atoms with Crippen LogP contribution in [-0.2, 0) is 0 Å². The van der Waals surface area contributed by atoms with Crippen LogP contribution in [0.1, 0.15) is 24.8 Å². The second kappa shape index (κ2) is 3.70. The summed E-state index contributed by atoms with van der Waals surface area (Å²) >= 11 is 0. The lowest BCUT2D eigenvalue weighted by molar-refractivity contribution is -0.0202. The van der Waals surface area contributed by atoms with Gasteiger partial charge in [-0.1, -0.05) is 0 Å². The fourth-order valence-electron chi connectivity index (χ4n) is 1.75. The Bertz CT molecular complexity index is 361. The van der Waals surface area contributed by atoms with E-state index in [4.69, 9.17) is 5.73 Å². The van der Waals surface area contributed by atoms with E-state index in [-0.39, 0.29) is 0 Å². The number of aryl methyl sites for hydroxylation is 1. The van der Waals surface area contributed by atoms with E-state index in [1.165, 1.54) is 0 Å². The predicted molar refractivity (Wildman–Crippen MR) is 60.7 cm³/mol. The lowest BCUT2D eigenvalue weighted by Gasteiger charge is -2.36. The minimum absolute atomic E-state index is 0.535. The highest BCUT2D eigenvalue weighted by molar-refractivity contribution is 5.61. The molecule has 1 aromatic heterocycles. The third-order valence-corrected chi connectivity index (χ3v) is 2.92. The molecule has 0 unspecified atom stereocenters. The van der Waals surface area contributed by atoms with Gasteiger partial charge in [0.2, 0.25) is 0 Å². The standard InChI is InChI=1S/C11H17N3O/c1-8-5-9(12)10(13-6-8)14-7-11(15)3-2-4-11/h5-6,15H,2-4,7,12H2,1H3,(H,13,14). The molecule has 0 bridgehead atoms. The summed E-state index contributed by atoms with van der Waals surface area (Å²) in [4.78, 5) is 4.19. The van der Waals surface area contributed by atoms with Crippen molar-refractivity contribution in [2.24, 2.45) is 0 Å². The number of aliphatic hydroxyl groups is 1. The SMILES string of the molecule is Cc1cnc(NCC2(O)CCC2)c(N)c1. The first-order valence-electron chi connectivity index (χ1n) is 5.27. The Morgan fingerprint density at radius 3 is 2.87 bits per heavy atom. The average Bonchev–Trinajstić information content (AvgIpc) is 2.14. The molecule has 0 radical (unpaired) electrons. The monoisotopic (exact) mass is 207 g/mol. The van der Waals surface area contributed by atoms with Crippen molar-refractivity contribution < 1.29 is 5.11 Å². The van der Waals surface area contributed by atoms with Crippen LogP contribution in [0.3, 0.4) is 0 Å². The highest BCUT2D eigenvalue weighted by Crippen LogP contribution is 2.31. The van der Waals surface area contributed by atoms with Crippen molar-refractivity contribution >= 4 is 11.5 Å². The average molecular weight is 207 g/mol. The maximum absolute atomic E-state index is 9.89. The van der Waals surface area contributed by atoms with Crippen LogP contribution in [0.2, 0.25) is 0 Å². The molecular formula is C11H17N3O. The summed E-state index contributed by atoms with van der Waals surface area (Å²) in [6, 6.07) is 1.88. The number of rotatable bonds is 3. The normalized spacial score (nSPS) is 18.3. The lowest BCUT2D eigenvalue weighted by Crippen LogP contribution is -2.43. The summed E-state index contributed by atoms with van der Waals surface area (Å²) in [5.74, 6) is 0.668. The van der Waals surface area contributed by atoms with Gasteiger partial charge in [0.15, 0.2) is 0 Å². The summed E-state index contributed by atoms with van der Waals surface area (Å²) in [5, 5.41) is 13.0. The van der Waals surface area contributed by atoms with Gasteiger partial charge in [0.05, 0.1) is 11.3 Å². The van der Waals surface area contributed by atoms with E-state index in [1.54, 1.807) is 6.20 Å². The summed E-state index contributed by atoms with van der Waals surface area (Å²) < 4.78 is 0. The van der Waals surface area contributed by atoms with Crippen molar-refractivity contribution in [3.63, 3.8) is 0 Å². The Morgan fingerprint density at radius 2 is 2.33 bits per heavy atom. The van der Waals surface area contributed by atoms with Gasteiger partial charge in [-0.3, -0.25) is 0 Å². The third-order valence-electron chi connectivity index (χ3n) is 2.92. The summed E-state index contributed by atoms with van der Waals surface area (Å²) in [5.41, 5.74) is 6.94. The van der Waals surface area contributed by atoms with Crippen LogP contribution in [0.5, 0.6) is 0 Å². The number of pyridine rings is 1. The maximum atomic E-state index is 9.89. The molecule has 0 amide bonds. The number of nitrogen functional groups attached to an aromatic ring is 1. The number of nitrogens with two attached hydrogens (primary N) is 1. The third kappa shape index (κ3) is 2.21. The second-order valence-electron chi connectivity index (χ2n) is 4.38. The molecule has 82 valence electrons. The topological polar surface area (TPSA) is 71.2 Å². The van der Waals surface area contributed by atoms with Crippen molar-refractivity contribution in [3.05, 3.63) is 17.8 Å². The molecule has 15 heavy (non-hydrogen) atoms. The van der Waals surface area contributed by atoms with Crippen LogP contribution in [-0.4, -0.2) is 22.2 Å². The Labute approximate surface area is 89.5 Å². The number of aromatic nitrogens is 1. The van der Waals surface area contributed by atoms with Crippen LogP contribution in [0.25, 0.3) is 0 Å². The summed E-state index contributed by atoms with van der Waals surface area (Å²) in [6.45, 7) is 2.49. The van der Waals surface area contributed by atoms with Gasteiger partial charge < -0.3 is 16.2 Å². The van der Waals surface area contributed by atoms with Gasteiger partial charge in [-0.25, -0.2) is 4.98 Å². The Balaban J connectivity index is 1.98. The van der Waals surface area contributed by atoms with E-state index in [1.807, 2.05) is 13.0 Å². The van der Waals surface area contributed by atoms with Crippen molar-refractivity contribution in [1.82, 2.24) is 4.98 Å². The maximum Gasteiger partial charge on any atom is 0.149 e. The number of hydrogen-bond donors (Lipinski definition) is 3. The van der Waals surface area contributed by atoms with Gasteiger partial charge in [-0.15, -0.1) is 0 Å². The van der Waals surface area contributed by atoms with Crippen LogP contribution in [0.15, 0.2) is 12.3 Å². The van der Waals surface area contributed by atoms with Crippen LogP contribution >= 0.6 is 0 Å². The van der Waals surface area contributed by atoms with Crippen molar-refractivity contribution in [2.45, 2.75) is 31.8 Å². The van der Waals surface area contributed by atoms with Gasteiger partial charge >= 0.3 is 0 Å². The summed E-state index contributed by atoms with van der Waals surface area (Å²) in [7, 11) is 0.